The summed E-state index contributed by atoms with van der Waals surface area (Å²) in [4.78, 5) is 23.4. The first-order chi connectivity index (χ1) is 38.5. The van der Waals surface area contributed by atoms with Gasteiger partial charge in [-0.2, -0.15) is 0 Å². The molecule has 79 heavy (non-hydrogen) atoms. The Hall–Kier alpha value is -0.760. The summed E-state index contributed by atoms with van der Waals surface area (Å²) < 4.78 is 23.8. The van der Waals surface area contributed by atoms with E-state index in [0.717, 1.165) is 32.1 Å². The van der Waals surface area contributed by atoms with Crippen LogP contribution in [0.5, 0.6) is 0 Å². The molecule has 0 rings (SSSR count). The number of carbonyl (C=O) groups excluding carboxylic acids is 1. The highest BCUT2D eigenvalue weighted by Gasteiger charge is 2.28. The first-order valence-electron chi connectivity index (χ1n) is 35.6. The van der Waals surface area contributed by atoms with Gasteiger partial charge in [-0.1, -0.05) is 366 Å². The van der Waals surface area contributed by atoms with Gasteiger partial charge in [-0.15, -0.1) is 0 Å². The van der Waals surface area contributed by atoms with Gasteiger partial charge in [-0.3, -0.25) is 13.8 Å². The fraction of sp³-hybridized carbons (Fsp3) is 0.957. The van der Waals surface area contributed by atoms with Gasteiger partial charge < -0.3 is 19.8 Å². The molecule has 0 aromatic heterocycles. The van der Waals surface area contributed by atoms with Crippen LogP contribution >= 0.6 is 7.82 Å². The first-order valence-corrected chi connectivity index (χ1v) is 37.1. The second-order valence-electron chi connectivity index (χ2n) is 26.0. The third-order valence-corrected chi connectivity index (χ3v) is 17.7. The number of allylic oxidation sites excluding steroid dienone is 1. The second kappa shape index (κ2) is 61.8. The van der Waals surface area contributed by atoms with Crippen molar-refractivity contribution in [2.24, 2.45) is 0 Å². The molecule has 0 aliphatic heterocycles. The maximum atomic E-state index is 13.0. The van der Waals surface area contributed by atoms with Gasteiger partial charge in [0.25, 0.3) is 0 Å². The zero-order valence-corrected chi connectivity index (χ0v) is 55.1. The smallest absolute Gasteiger partial charge is 0.387 e. The Bertz CT molecular complexity index is 1290. The number of carbonyl (C=O) groups is 1. The maximum Gasteiger partial charge on any atom is 0.472 e. The zero-order chi connectivity index (χ0) is 57.7. The Balaban J connectivity index is 3.82. The normalized spacial score (nSPS) is 13.7. The van der Waals surface area contributed by atoms with Gasteiger partial charge in [0.05, 0.1) is 39.9 Å². The largest absolute Gasteiger partial charge is 0.472 e. The van der Waals surface area contributed by atoms with E-state index in [1.807, 2.05) is 27.2 Å². The summed E-state index contributed by atoms with van der Waals surface area (Å²) in [6, 6.07) is -0.843. The van der Waals surface area contributed by atoms with Crippen LogP contribution < -0.4 is 5.32 Å². The van der Waals surface area contributed by atoms with Crippen LogP contribution in [-0.4, -0.2) is 73.4 Å². The summed E-state index contributed by atoms with van der Waals surface area (Å²) in [7, 11) is 1.59. The Labute approximate surface area is 494 Å². The molecule has 1 amide bonds. The predicted molar refractivity (Wildman–Crippen MR) is 346 cm³/mol. The van der Waals surface area contributed by atoms with Gasteiger partial charge in [0.15, 0.2) is 0 Å². The third kappa shape index (κ3) is 64.7. The monoisotopic (exact) mass is 1140 g/mol. The van der Waals surface area contributed by atoms with Crippen molar-refractivity contribution in [1.82, 2.24) is 5.32 Å². The molecular weight excluding hydrogens is 996 g/mol. The van der Waals surface area contributed by atoms with E-state index in [9.17, 15) is 19.4 Å². The van der Waals surface area contributed by atoms with Crippen molar-refractivity contribution < 1.29 is 32.9 Å². The molecule has 0 radical (unpaired) electrons. The number of aliphatic hydroxyl groups is 1. The van der Waals surface area contributed by atoms with Crippen LogP contribution in [0.1, 0.15) is 380 Å². The van der Waals surface area contributed by atoms with Crippen LogP contribution in [0.15, 0.2) is 12.2 Å². The van der Waals surface area contributed by atoms with E-state index in [0.29, 0.717) is 17.4 Å². The third-order valence-electron chi connectivity index (χ3n) is 16.8. The van der Waals surface area contributed by atoms with Crippen molar-refractivity contribution in [2.75, 3.05) is 40.9 Å². The molecule has 3 N–H and O–H groups in total. The number of aliphatic hydroxyl groups excluding tert-OH is 1. The zero-order valence-electron chi connectivity index (χ0n) is 54.2. The van der Waals surface area contributed by atoms with E-state index in [2.05, 4.69) is 19.2 Å². The number of rotatable bonds is 67. The molecule has 0 heterocycles. The second-order valence-corrected chi connectivity index (χ2v) is 27.4. The highest BCUT2D eigenvalue weighted by atomic mass is 31.2. The molecule has 9 heteroatoms. The molecule has 0 spiro atoms. The van der Waals surface area contributed by atoms with E-state index in [-0.39, 0.29) is 19.1 Å². The molecule has 0 fully saturated rings. The number of likely N-dealkylation sites (N-methyl/N-ethyl adjacent to an activating group) is 1. The molecule has 0 bridgehead atoms. The lowest BCUT2D eigenvalue weighted by atomic mass is 10.0. The number of phosphoric ester groups is 1. The number of nitrogens with zero attached hydrogens (tertiary/aromatic N) is 1. The van der Waals surface area contributed by atoms with Crippen LogP contribution in [0.4, 0.5) is 0 Å². The lowest BCUT2D eigenvalue weighted by Gasteiger charge is -2.25. The number of phosphoric acid groups is 1. The lowest BCUT2D eigenvalue weighted by molar-refractivity contribution is -0.870. The Morgan fingerprint density at radius 3 is 0.937 bits per heavy atom. The highest BCUT2D eigenvalue weighted by Crippen LogP contribution is 2.43. The first kappa shape index (κ1) is 78.2. The van der Waals surface area contributed by atoms with E-state index in [1.54, 1.807) is 6.08 Å². The minimum atomic E-state index is -4.34. The molecular formula is C70H142N2O6P+. The van der Waals surface area contributed by atoms with Gasteiger partial charge >= 0.3 is 7.82 Å². The fourth-order valence-corrected chi connectivity index (χ4v) is 12.0. The average molecular weight is 1140 g/mol. The van der Waals surface area contributed by atoms with Gasteiger partial charge in [-0.05, 0) is 19.3 Å². The molecule has 0 aliphatic carbocycles. The molecule has 0 saturated carbocycles. The Morgan fingerprint density at radius 1 is 0.418 bits per heavy atom. The van der Waals surface area contributed by atoms with Crippen molar-refractivity contribution >= 4 is 13.7 Å². The molecule has 0 aromatic rings. The van der Waals surface area contributed by atoms with Crippen molar-refractivity contribution in [1.29, 1.82) is 0 Å². The molecule has 3 atom stereocenters. The minimum Gasteiger partial charge on any atom is -0.387 e. The Morgan fingerprint density at radius 2 is 0.671 bits per heavy atom. The van der Waals surface area contributed by atoms with Gasteiger partial charge in [0.1, 0.15) is 13.2 Å². The number of quaternary nitrogens is 1. The van der Waals surface area contributed by atoms with Crippen LogP contribution in [0.25, 0.3) is 0 Å². The summed E-state index contributed by atoms with van der Waals surface area (Å²) >= 11 is 0. The minimum absolute atomic E-state index is 0.0652. The highest BCUT2D eigenvalue weighted by molar-refractivity contribution is 7.47. The number of unbranched alkanes of at least 4 members (excludes halogenated alkanes) is 54. The van der Waals surface area contributed by atoms with E-state index >= 15 is 0 Å². The lowest BCUT2D eigenvalue weighted by Crippen LogP contribution is -2.45. The summed E-state index contributed by atoms with van der Waals surface area (Å²) in [5.74, 6) is -0.168. The van der Waals surface area contributed by atoms with E-state index < -0.39 is 20.0 Å². The molecule has 472 valence electrons. The standard InChI is InChI=1S/C70H141N2O6P/c1-6-8-10-12-14-16-18-20-22-24-25-26-27-28-29-30-31-32-33-34-35-36-37-38-39-40-41-42-43-44-45-46-47-48-50-52-54-56-58-60-62-64-70(74)71-68(67-78-79(75,76)77-66-65-72(3,4)5)69(73)63-61-59-57-55-53-51-49-23-21-19-17-15-13-11-9-7-2/h61,63,68-69,73H,6-60,62,64-67H2,1-5H3,(H-,71,74,75,76)/p+1/b63-61+. The molecule has 0 saturated heterocycles. The topological polar surface area (TPSA) is 105 Å². The van der Waals surface area contributed by atoms with Crippen LogP contribution in [0.2, 0.25) is 0 Å². The van der Waals surface area contributed by atoms with Gasteiger partial charge in [-0.25, -0.2) is 4.57 Å². The van der Waals surface area contributed by atoms with Crippen LogP contribution in [0.3, 0.4) is 0 Å². The van der Waals surface area contributed by atoms with E-state index in [4.69, 9.17) is 9.05 Å². The summed E-state index contributed by atoms with van der Waals surface area (Å²) in [6.07, 6.45) is 79.6. The number of hydrogen-bond acceptors (Lipinski definition) is 5. The van der Waals surface area contributed by atoms with Crippen LogP contribution in [0, 0.1) is 0 Å². The van der Waals surface area contributed by atoms with Crippen molar-refractivity contribution in [2.45, 2.75) is 392 Å². The predicted octanol–water partition coefficient (Wildman–Crippen LogP) is 22.5. The van der Waals surface area contributed by atoms with Gasteiger partial charge in [0.2, 0.25) is 5.91 Å². The van der Waals surface area contributed by atoms with Crippen LogP contribution in [-0.2, 0) is 18.4 Å². The van der Waals surface area contributed by atoms with Crippen molar-refractivity contribution in [3.05, 3.63) is 12.2 Å². The van der Waals surface area contributed by atoms with Crippen molar-refractivity contribution in [3.63, 3.8) is 0 Å². The number of nitrogens with one attached hydrogen (secondary N) is 1. The molecule has 8 nitrogen and oxygen atoms in total. The summed E-state index contributed by atoms with van der Waals surface area (Å²) in [6.45, 7) is 4.87. The van der Waals surface area contributed by atoms with Gasteiger partial charge in [0, 0.05) is 6.42 Å². The average Bonchev–Trinajstić information content (AvgIpc) is 3.42. The SMILES string of the molecule is CCCCCCCCCCCCCCCC/C=C/C(O)C(COP(=O)(O)OCC[N+](C)(C)C)NC(=O)CCCCCCCCCCCCCCCCCCCCCCCCCCCCCCCCCCCCCCCCCCC. The summed E-state index contributed by atoms with van der Waals surface area (Å²) in [5.41, 5.74) is 0. The molecule has 3 unspecified atom stereocenters. The fourth-order valence-electron chi connectivity index (χ4n) is 11.2. The number of hydrogen-bond donors (Lipinski definition) is 3. The number of amides is 1. The molecule has 0 aliphatic rings. The molecule has 0 aromatic carbocycles. The van der Waals surface area contributed by atoms with Crippen molar-refractivity contribution in [3.8, 4) is 0 Å². The van der Waals surface area contributed by atoms with E-state index in [1.165, 1.54) is 327 Å². The summed E-state index contributed by atoms with van der Waals surface area (Å²) in [5, 5.41) is 14.0. The quantitative estimate of drug-likeness (QED) is 0.0243. The maximum absolute atomic E-state index is 13.0. The Kier molecular flexibility index (Phi) is 61.2.